The second-order valence-corrected chi connectivity index (χ2v) is 5.10. The van der Waals surface area contributed by atoms with Gasteiger partial charge < -0.3 is 10.1 Å². The van der Waals surface area contributed by atoms with E-state index < -0.39 is 10.7 Å². The molecule has 0 unspecified atom stereocenters. The van der Waals surface area contributed by atoms with Crippen LogP contribution in [0.2, 0.25) is 0 Å². The smallest absolute Gasteiger partial charge is 0.275 e. The quantitative estimate of drug-likeness (QED) is 0.666. The topological polar surface area (TPSA) is 64.4 Å². The fraction of sp³-hybridized carbons (Fsp3) is 0.571. The number of benzene rings is 1. The average Bonchev–Trinajstić information content (AvgIpc) is 2.45. The first-order chi connectivity index (χ1) is 9.60. The highest BCUT2D eigenvalue weighted by molar-refractivity contribution is 5.39. The van der Waals surface area contributed by atoms with E-state index in [4.69, 9.17) is 4.74 Å². The molecule has 6 heteroatoms. The molecule has 1 aromatic carbocycles. The number of nitrogens with zero attached hydrogens (tertiary/aromatic N) is 1. The van der Waals surface area contributed by atoms with Crippen molar-refractivity contribution in [1.82, 2.24) is 5.32 Å². The van der Waals surface area contributed by atoms with Gasteiger partial charge >= 0.3 is 0 Å². The van der Waals surface area contributed by atoms with E-state index in [1.807, 2.05) is 7.05 Å². The molecular weight excluding hydrogens is 263 g/mol. The molecule has 0 spiro atoms. The third-order valence-corrected chi connectivity index (χ3v) is 3.80. The van der Waals surface area contributed by atoms with Crippen molar-refractivity contribution >= 4 is 5.69 Å². The highest BCUT2D eigenvalue weighted by atomic mass is 19.1. The van der Waals surface area contributed by atoms with Gasteiger partial charge in [0.15, 0.2) is 0 Å². The van der Waals surface area contributed by atoms with Crippen LogP contribution in [0.4, 0.5) is 10.1 Å². The van der Waals surface area contributed by atoms with E-state index in [-0.39, 0.29) is 18.4 Å². The Morgan fingerprint density at radius 3 is 2.70 bits per heavy atom. The van der Waals surface area contributed by atoms with Crippen LogP contribution in [0.1, 0.15) is 31.2 Å². The highest BCUT2D eigenvalue weighted by Gasteiger charge is 2.22. The van der Waals surface area contributed by atoms with Crippen molar-refractivity contribution in [3.05, 3.63) is 39.7 Å². The Labute approximate surface area is 117 Å². The molecule has 1 aliphatic rings. The molecule has 110 valence electrons. The van der Waals surface area contributed by atoms with Gasteiger partial charge in [-0.25, -0.2) is 4.39 Å². The maximum Gasteiger partial charge on any atom is 0.275 e. The fourth-order valence-corrected chi connectivity index (χ4v) is 2.57. The van der Waals surface area contributed by atoms with Gasteiger partial charge in [0.1, 0.15) is 5.82 Å². The molecule has 0 radical (unpaired) electrons. The van der Waals surface area contributed by atoms with E-state index in [0.717, 1.165) is 31.7 Å². The maximum atomic E-state index is 13.2. The largest absolute Gasteiger partial charge is 0.373 e. The lowest BCUT2D eigenvalue weighted by Gasteiger charge is -2.28. The summed E-state index contributed by atoms with van der Waals surface area (Å²) in [7, 11) is 1.95. The minimum atomic E-state index is -0.504. The minimum absolute atomic E-state index is 0.0863. The molecule has 0 aromatic heterocycles. The van der Waals surface area contributed by atoms with E-state index in [9.17, 15) is 14.5 Å². The zero-order valence-corrected chi connectivity index (χ0v) is 11.5. The summed E-state index contributed by atoms with van der Waals surface area (Å²) in [6, 6.07) is 3.99. The average molecular weight is 282 g/mol. The summed E-state index contributed by atoms with van der Waals surface area (Å²) in [4.78, 5) is 10.4. The van der Waals surface area contributed by atoms with Gasteiger partial charge in [0.05, 0.1) is 23.2 Å². The van der Waals surface area contributed by atoms with Crippen LogP contribution < -0.4 is 5.32 Å². The molecule has 2 rings (SSSR count). The number of rotatable bonds is 5. The Hall–Kier alpha value is -1.53. The SMILES string of the molecule is CNC1CCC(OCc2cc(F)ccc2[N+](=O)[O-])CC1. The van der Waals surface area contributed by atoms with E-state index in [1.165, 1.54) is 12.1 Å². The number of nitro benzene ring substituents is 1. The molecule has 1 saturated carbocycles. The van der Waals surface area contributed by atoms with E-state index in [1.54, 1.807) is 0 Å². The van der Waals surface area contributed by atoms with Crippen molar-refractivity contribution in [3.8, 4) is 0 Å². The van der Waals surface area contributed by atoms with Gasteiger partial charge in [-0.1, -0.05) is 0 Å². The number of nitro groups is 1. The Morgan fingerprint density at radius 2 is 2.10 bits per heavy atom. The van der Waals surface area contributed by atoms with Gasteiger partial charge in [-0.15, -0.1) is 0 Å². The zero-order chi connectivity index (χ0) is 14.5. The van der Waals surface area contributed by atoms with E-state index in [2.05, 4.69) is 5.32 Å². The lowest BCUT2D eigenvalue weighted by atomic mass is 9.93. The molecule has 1 aromatic rings. The van der Waals surface area contributed by atoms with Gasteiger partial charge in [0.2, 0.25) is 0 Å². The number of hydrogen-bond acceptors (Lipinski definition) is 4. The van der Waals surface area contributed by atoms with E-state index >= 15 is 0 Å². The molecule has 5 nitrogen and oxygen atoms in total. The van der Waals surface area contributed by atoms with Crippen molar-refractivity contribution in [2.45, 2.75) is 44.4 Å². The molecular formula is C14H19FN2O3. The molecule has 1 aliphatic carbocycles. The highest BCUT2D eigenvalue weighted by Crippen LogP contribution is 2.25. The zero-order valence-electron chi connectivity index (χ0n) is 11.5. The van der Waals surface area contributed by atoms with Gasteiger partial charge in [0.25, 0.3) is 5.69 Å². The predicted molar refractivity (Wildman–Crippen MR) is 72.9 cm³/mol. The Morgan fingerprint density at radius 1 is 1.40 bits per heavy atom. The number of hydrogen-bond donors (Lipinski definition) is 1. The molecule has 0 amide bonds. The van der Waals surface area contributed by atoms with Gasteiger partial charge in [-0.05, 0) is 44.9 Å². The summed E-state index contributed by atoms with van der Waals surface area (Å²) in [5, 5.41) is 14.1. The first kappa shape index (κ1) is 14.9. The summed E-state index contributed by atoms with van der Waals surface area (Å²) >= 11 is 0. The molecule has 20 heavy (non-hydrogen) atoms. The summed E-state index contributed by atoms with van der Waals surface area (Å²) in [5.74, 6) is -0.479. The van der Waals surface area contributed by atoms with Crippen LogP contribution in [0.25, 0.3) is 0 Å². The van der Waals surface area contributed by atoms with E-state index in [0.29, 0.717) is 11.6 Å². The third kappa shape index (κ3) is 3.74. The number of halogens is 1. The lowest BCUT2D eigenvalue weighted by Crippen LogP contribution is -2.32. The van der Waals surface area contributed by atoms with Gasteiger partial charge in [0, 0.05) is 12.1 Å². The summed E-state index contributed by atoms with van der Waals surface area (Å²) in [6.45, 7) is 0.0863. The molecule has 1 N–H and O–H groups in total. The van der Waals surface area contributed by atoms with Crippen LogP contribution in [0.3, 0.4) is 0 Å². The summed E-state index contributed by atoms with van der Waals surface area (Å²) in [6.07, 6.45) is 4.02. The number of nitrogens with one attached hydrogen (secondary N) is 1. The Balaban J connectivity index is 1.94. The molecule has 0 atom stereocenters. The Kier molecular flexibility index (Phi) is 5.03. The van der Waals surface area contributed by atoms with Crippen molar-refractivity contribution < 1.29 is 14.1 Å². The van der Waals surface area contributed by atoms with Crippen molar-refractivity contribution in [3.63, 3.8) is 0 Å². The lowest BCUT2D eigenvalue weighted by molar-refractivity contribution is -0.386. The molecule has 1 fully saturated rings. The first-order valence-corrected chi connectivity index (χ1v) is 6.82. The van der Waals surface area contributed by atoms with Crippen LogP contribution in [-0.4, -0.2) is 24.1 Å². The summed E-state index contributed by atoms with van der Waals surface area (Å²) in [5.41, 5.74) is 0.209. The normalized spacial score (nSPS) is 22.7. The second kappa shape index (κ2) is 6.76. The standard InChI is InChI=1S/C14H19FN2O3/c1-16-12-3-5-13(6-4-12)20-9-10-8-11(15)2-7-14(10)17(18)19/h2,7-8,12-13,16H,3-6,9H2,1H3. The summed E-state index contributed by atoms with van der Waals surface area (Å²) < 4.78 is 18.9. The second-order valence-electron chi connectivity index (χ2n) is 5.10. The monoisotopic (exact) mass is 282 g/mol. The van der Waals surface area contributed by atoms with Crippen LogP contribution in [0.5, 0.6) is 0 Å². The van der Waals surface area contributed by atoms with Crippen LogP contribution >= 0.6 is 0 Å². The third-order valence-electron chi connectivity index (χ3n) is 3.80. The first-order valence-electron chi connectivity index (χ1n) is 6.82. The number of ether oxygens (including phenoxy) is 1. The predicted octanol–water partition coefficient (Wildman–Crippen LogP) is 2.78. The van der Waals surface area contributed by atoms with Crippen LogP contribution in [0.15, 0.2) is 18.2 Å². The van der Waals surface area contributed by atoms with Crippen LogP contribution in [-0.2, 0) is 11.3 Å². The molecule has 0 saturated heterocycles. The van der Waals surface area contributed by atoms with Gasteiger partial charge in [-0.2, -0.15) is 0 Å². The minimum Gasteiger partial charge on any atom is -0.373 e. The van der Waals surface area contributed by atoms with Crippen LogP contribution in [0, 0.1) is 15.9 Å². The van der Waals surface area contributed by atoms with Crippen molar-refractivity contribution in [1.29, 1.82) is 0 Å². The molecule has 0 bridgehead atoms. The Bertz CT molecular complexity index is 473. The van der Waals surface area contributed by atoms with Crippen molar-refractivity contribution in [2.75, 3.05) is 7.05 Å². The van der Waals surface area contributed by atoms with Gasteiger partial charge in [-0.3, -0.25) is 10.1 Å². The molecule has 0 heterocycles. The maximum absolute atomic E-state index is 13.2. The van der Waals surface area contributed by atoms with Crippen molar-refractivity contribution in [2.24, 2.45) is 0 Å². The molecule has 0 aliphatic heterocycles. The fourth-order valence-electron chi connectivity index (χ4n) is 2.57.